The summed E-state index contributed by atoms with van der Waals surface area (Å²) < 4.78 is 0. The van der Waals surface area contributed by atoms with Crippen molar-refractivity contribution >= 4 is 45.0 Å². The molecule has 0 fully saturated rings. The number of H-pyrrole nitrogens is 2. The van der Waals surface area contributed by atoms with E-state index in [-0.39, 0.29) is 29.3 Å². The van der Waals surface area contributed by atoms with Gasteiger partial charge in [-0.15, -0.1) is 0 Å². The lowest BCUT2D eigenvalue weighted by molar-refractivity contribution is -0.384. The minimum atomic E-state index is -0.562. The van der Waals surface area contributed by atoms with Gasteiger partial charge in [0.05, 0.1) is 20.9 Å². The van der Waals surface area contributed by atoms with E-state index >= 15 is 0 Å². The summed E-state index contributed by atoms with van der Waals surface area (Å²) in [6.07, 6.45) is 1.23. The van der Waals surface area contributed by atoms with E-state index < -0.39 is 27.7 Å². The van der Waals surface area contributed by atoms with Gasteiger partial charge in [-0.25, -0.2) is 0 Å². The van der Waals surface area contributed by atoms with E-state index in [4.69, 9.17) is 0 Å². The van der Waals surface area contributed by atoms with Gasteiger partial charge in [0.15, 0.2) is 11.4 Å². The summed E-state index contributed by atoms with van der Waals surface area (Å²) in [6.45, 7) is 1.97. The standard InChI is InChI=1S/C21H20N8O6/c1-2-3-11(23-21(31)19-15-9-13(29(34)35)5-7-17(15)25-27-19)10-22-20(30)18-14-8-12(28(32)33)4-6-16(14)24-26-18/h4-9,11H,2-3,10H2,1H3,(H,22,30)(H,23,31)(H,24,26)(H,25,27). The molecule has 0 bridgehead atoms. The normalized spacial score (nSPS) is 11.9. The number of nitro groups is 2. The Labute approximate surface area is 196 Å². The van der Waals surface area contributed by atoms with Gasteiger partial charge in [0, 0.05) is 47.6 Å². The molecule has 0 aliphatic heterocycles. The molecule has 0 saturated heterocycles. The summed E-state index contributed by atoms with van der Waals surface area (Å²) in [5.74, 6) is -1.11. The number of benzene rings is 2. The van der Waals surface area contributed by atoms with Crippen molar-refractivity contribution in [3.05, 3.63) is 68.0 Å². The van der Waals surface area contributed by atoms with Crippen molar-refractivity contribution in [2.75, 3.05) is 6.54 Å². The molecular weight excluding hydrogens is 460 g/mol. The second-order valence-corrected chi connectivity index (χ2v) is 7.79. The first kappa shape index (κ1) is 23.3. The highest BCUT2D eigenvalue weighted by molar-refractivity contribution is 6.06. The van der Waals surface area contributed by atoms with Crippen molar-refractivity contribution in [3.8, 4) is 0 Å². The van der Waals surface area contributed by atoms with Crippen LogP contribution in [-0.4, -0.2) is 54.6 Å². The van der Waals surface area contributed by atoms with Crippen molar-refractivity contribution in [2.24, 2.45) is 0 Å². The third kappa shape index (κ3) is 4.75. The van der Waals surface area contributed by atoms with E-state index in [2.05, 4.69) is 31.0 Å². The molecule has 180 valence electrons. The van der Waals surface area contributed by atoms with Crippen LogP contribution in [0.25, 0.3) is 21.8 Å². The number of fused-ring (bicyclic) bond motifs is 2. The van der Waals surface area contributed by atoms with Crippen LogP contribution in [0.3, 0.4) is 0 Å². The van der Waals surface area contributed by atoms with Crippen LogP contribution in [0.5, 0.6) is 0 Å². The van der Waals surface area contributed by atoms with Crippen LogP contribution in [0.1, 0.15) is 40.7 Å². The molecule has 4 rings (SSSR count). The van der Waals surface area contributed by atoms with Crippen LogP contribution < -0.4 is 10.6 Å². The molecule has 2 aromatic carbocycles. The molecule has 14 nitrogen and oxygen atoms in total. The molecule has 0 aliphatic rings. The number of carbonyl (C=O) groups is 2. The summed E-state index contributed by atoms with van der Waals surface area (Å²) in [5, 5.41) is 41.5. The molecule has 0 spiro atoms. The van der Waals surface area contributed by atoms with Gasteiger partial charge in [-0.2, -0.15) is 10.2 Å². The van der Waals surface area contributed by atoms with Gasteiger partial charge >= 0.3 is 0 Å². The van der Waals surface area contributed by atoms with E-state index in [9.17, 15) is 29.8 Å². The van der Waals surface area contributed by atoms with Gasteiger partial charge in [0.25, 0.3) is 23.2 Å². The molecule has 2 aromatic heterocycles. The number of hydrogen-bond acceptors (Lipinski definition) is 8. The predicted molar refractivity (Wildman–Crippen MR) is 124 cm³/mol. The van der Waals surface area contributed by atoms with E-state index in [1.165, 1.54) is 36.4 Å². The van der Waals surface area contributed by atoms with Crippen LogP contribution in [0, 0.1) is 20.2 Å². The van der Waals surface area contributed by atoms with Gasteiger partial charge in [0.2, 0.25) is 0 Å². The number of aromatic amines is 2. The van der Waals surface area contributed by atoms with E-state index in [0.29, 0.717) is 34.6 Å². The van der Waals surface area contributed by atoms with Crippen molar-refractivity contribution < 1.29 is 19.4 Å². The fourth-order valence-corrected chi connectivity index (χ4v) is 3.70. The van der Waals surface area contributed by atoms with Crippen molar-refractivity contribution in [2.45, 2.75) is 25.8 Å². The number of aromatic nitrogens is 4. The second-order valence-electron chi connectivity index (χ2n) is 7.79. The summed E-state index contributed by atoms with van der Waals surface area (Å²) in [4.78, 5) is 46.6. The first-order valence-corrected chi connectivity index (χ1v) is 10.6. The lowest BCUT2D eigenvalue weighted by Crippen LogP contribution is -2.43. The molecule has 0 radical (unpaired) electrons. The molecule has 14 heteroatoms. The van der Waals surface area contributed by atoms with Gasteiger partial charge in [-0.3, -0.25) is 40.0 Å². The maximum atomic E-state index is 12.9. The van der Waals surface area contributed by atoms with Crippen LogP contribution in [0.15, 0.2) is 36.4 Å². The number of carbonyl (C=O) groups excluding carboxylic acids is 2. The Kier molecular flexibility index (Phi) is 6.35. The number of nitrogens with zero attached hydrogens (tertiary/aromatic N) is 4. The summed E-state index contributed by atoms with van der Waals surface area (Å²) >= 11 is 0. The molecule has 2 heterocycles. The number of nitrogens with one attached hydrogen (secondary N) is 4. The number of nitro benzene ring substituents is 2. The van der Waals surface area contributed by atoms with Crippen LogP contribution in [0.4, 0.5) is 11.4 Å². The number of hydrogen-bond donors (Lipinski definition) is 4. The maximum Gasteiger partial charge on any atom is 0.272 e. The first-order valence-electron chi connectivity index (χ1n) is 10.6. The third-order valence-electron chi connectivity index (χ3n) is 5.43. The molecule has 1 atom stereocenters. The maximum absolute atomic E-state index is 12.9. The van der Waals surface area contributed by atoms with Gasteiger partial charge < -0.3 is 10.6 Å². The van der Waals surface area contributed by atoms with E-state index in [0.717, 1.165) is 0 Å². The monoisotopic (exact) mass is 480 g/mol. The molecule has 0 aliphatic carbocycles. The average molecular weight is 480 g/mol. The fourth-order valence-electron chi connectivity index (χ4n) is 3.70. The first-order chi connectivity index (χ1) is 16.8. The lowest BCUT2D eigenvalue weighted by Gasteiger charge is -2.18. The summed E-state index contributed by atoms with van der Waals surface area (Å²) in [6, 6.07) is 7.62. The largest absolute Gasteiger partial charge is 0.349 e. The zero-order valence-electron chi connectivity index (χ0n) is 18.4. The smallest absolute Gasteiger partial charge is 0.272 e. The van der Waals surface area contributed by atoms with Crippen molar-refractivity contribution in [1.82, 2.24) is 31.0 Å². The van der Waals surface area contributed by atoms with E-state index in [1.807, 2.05) is 6.92 Å². The fraction of sp³-hybridized carbons (Fsp3) is 0.238. The molecule has 0 saturated carbocycles. The predicted octanol–water partition coefficient (Wildman–Crippen LogP) is 2.58. The zero-order chi connectivity index (χ0) is 25.1. The Morgan fingerprint density at radius 2 is 1.43 bits per heavy atom. The molecule has 1 unspecified atom stereocenters. The second kappa shape index (κ2) is 9.54. The zero-order valence-corrected chi connectivity index (χ0v) is 18.4. The highest BCUT2D eigenvalue weighted by Crippen LogP contribution is 2.23. The highest BCUT2D eigenvalue weighted by atomic mass is 16.6. The SMILES string of the molecule is CCCC(CNC(=O)c1n[nH]c2ccc([N+](=O)[O-])cc12)NC(=O)c1n[nH]c2ccc([N+](=O)[O-])cc12. The molecule has 4 N–H and O–H groups in total. The van der Waals surface area contributed by atoms with E-state index in [1.54, 1.807) is 0 Å². The summed E-state index contributed by atoms with van der Waals surface area (Å²) in [7, 11) is 0. The van der Waals surface area contributed by atoms with Gasteiger partial charge in [-0.1, -0.05) is 13.3 Å². The number of non-ortho nitro benzene ring substituents is 2. The summed E-state index contributed by atoms with van der Waals surface area (Å²) in [5.41, 5.74) is 0.601. The minimum Gasteiger partial charge on any atom is -0.349 e. The van der Waals surface area contributed by atoms with Crippen LogP contribution in [-0.2, 0) is 0 Å². The lowest BCUT2D eigenvalue weighted by atomic mass is 10.1. The van der Waals surface area contributed by atoms with Crippen molar-refractivity contribution in [1.29, 1.82) is 0 Å². The number of rotatable bonds is 9. The van der Waals surface area contributed by atoms with Gasteiger partial charge in [0.1, 0.15) is 0 Å². The van der Waals surface area contributed by atoms with Crippen LogP contribution >= 0.6 is 0 Å². The Morgan fingerprint density at radius 1 is 0.914 bits per heavy atom. The quantitative estimate of drug-likeness (QED) is 0.207. The molecule has 2 amide bonds. The van der Waals surface area contributed by atoms with Crippen LogP contribution in [0.2, 0.25) is 0 Å². The topological polar surface area (TPSA) is 202 Å². The average Bonchev–Trinajstić information content (AvgIpc) is 3.45. The minimum absolute atomic E-state index is 0.00161. The Morgan fingerprint density at radius 3 is 1.91 bits per heavy atom. The highest BCUT2D eigenvalue weighted by Gasteiger charge is 2.22. The third-order valence-corrected chi connectivity index (χ3v) is 5.43. The molecule has 35 heavy (non-hydrogen) atoms. The molecule has 4 aromatic rings. The molecular formula is C21H20N8O6. The Balaban J connectivity index is 1.48. The van der Waals surface area contributed by atoms with Gasteiger partial charge in [-0.05, 0) is 18.6 Å². The number of amides is 2. The Bertz CT molecular complexity index is 1460. The van der Waals surface area contributed by atoms with Crippen molar-refractivity contribution in [3.63, 3.8) is 0 Å². The Hall–Kier alpha value is -4.88.